The quantitative estimate of drug-likeness (QED) is 0.686. The molecule has 0 aliphatic carbocycles. The first-order chi connectivity index (χ1) is 8.92. The van der Waals surface area contributed by atoms with Gasteiger partial charge in [-0.25, -0.2) is 4.79 Å². The van der Waals surface area contributed by atoms with Gasteiger partial charge in [-0.05, 0) is 27.7 Å². The first-order valence-electron chi connectivity index (χ1n) is 7.21. The number of carbonyl (C=O) groups excluding carboxylic acids is 2. The lowest BCUT2D eigenvalue weighted by molar-refractivity contribution is -0.144. The van der Waals surface area contributed by atoms with E-state index in [4.69, 9.17) is 4.74 Å². The van der Waals surface area contributed by atoms with E-state index < -0.39 is 5.60 Å². The maximum Gasteiger partial charge on any atom is 0.410 e. The number of piperazine rings is 1. The second-order valence-electron chi connectivity index (χ2n) is 7.52. The largest absolute Gasteiger partial charge is 0.444 e. The Bertz CT molecular complexity index is 380. The Morgan fingerprint density at radius 3 is 2.00 bits per heavy atom. The van der Waals surface area contributed by atoms with Gasteiger partial charge in [0.2, 0.25) is 5.91 Å². The molecule has 0 aromatic rings. The summed E-state index contributed by atoms with van der Waals surface area (Å²) in [6.45, 7) is 14.9. The summed E-state index contributed by atoms with van der Waals surface area (Å²) in [5, 5.41) is 0. The van der Waals surface area contributed by atoms with E-state index >= 15 is 0 Å². The Morgan fingerprint density at radius 2 is 1.60 bits per heavy atom. The van der Waals surface area contributed by atoms with Crippen LogP contribution in [-0.2, 0) is 9.53 Å². The van der Waals surface area contributed by atoms with Crippen LogP contribution >= 0.6 is 0 Å². The Labute approximate surface area is 122 Å². The molecule has 5 heteroatoms. The highest BCUT2D eigenvalue weighted by Gasteiger charge is 2.35. The van der Waals surface area contributed by atoms with Crippen molar-refractivity contribution in [2.75, 3.05) is 19.6 Å². The van der Waals surface area contributed by atoms with Gasteiger partial charge in [0.15, 0.2) is 0 Å². The van der Waals surface area contributed by atoms with Gasteiger partial charge in [0, 0.05) is 31.1 Å². The third-order valence-corrected chi connectivity index (χ3v) is 3.18. The average molecular weight is 284 g/mol. The SMILES string of the molecule is CC1CN(C(=O)OC(C)(C)C)CCN1C(=O)C(C)(C)C. The van der Waals surface area contributed by atoms with Crippen molar-refractivity contribution in [3.8, 4) is 0 Å². The molecule has 0 radical (unpaired) electrons. The highest BCUT2D eigenvalue weighted by molar-refractivity contribution is 5.82. The molecule has 5 nitrogen and oxygen atoms in total. The Morgan fingerprint density at radius 1 is 1.05 bits per heavy atom. The maximum absolute atomic E-state index is 12.3. The molecule has 1 heterocycles. The molecule has 20 heavy (non-hydrogen) atoms. The van der Waals surface area contributed by atoms with Crippen molar-refractivity contribution in [3.63, 3.8) is 0 Å². The van der Waals surface area contributed by atoms with Crippen molar-refractivity contribution in [2.45, 2.75) is 60.1 Å². The molecule has 0 saturated carbocycles. The summed E-state index contributed by atoms with van der Waals surface area (Å²) < 4.78 is 5.37. The normalized spacial score (nSPS) is 20.9. The highest BCUT2D eigenvalue weighted by atomic mass is 16.6. The molecule has 1 rings (SSSR count). The molecule has 1 unspecified atom stereocenters. The van der Waals surface area contributed by atoms with E-state index in [9.17, 15) is 9.59 Å². The summed E-state index contributed by atoms with van der Waals surface area (Å²) in [7, 11) is 0. The Balaban J connectivity index is 2.64. The molecule has 116 valence electrons. The van der Waals surface area contributed by atoms with Crippen molar-refractivity contribution in [2.24, 2.45) is 5.41 Å². The average Bonchev–Trinajstić information content (AvgIpc) is 2.24. The van der Waals surface area contributed by atoms with Gasteiger partial charge >= 0.3 is 6.09 Å². The summed E-state index contributed by atoms with van der Waals surface area (Å²) in [5.74, 6) is 0.133. The molecule has 0 spiro atoms. The lowest BCUT2D eigenvalue weighted by Gasteiger charge is -2.42. The number of ether oxygens (including phenoxy) is 1. The molecule has 1 saturated heterocycles. The minimum atomic E-state index is -0.487. The molecule has 2 amide bonds. The fourth-order valence-corrected chi connectivity index (χ4v) is 2.18. The lowest BCUT2D eigenvalue weighted by atomic mass is 9.93. The van der Waals surface area contributed by atoms with Crippen molar-refractivity contribution < 1.29 is 14.3 Å². The number of amides is 2. The molecule has 1 atom stereocenters. The Kier molecular flexibility index (Phi) is 4.72. The van der Waals surface area contributed by atoms with Crippen molar-refractivity contribution >= 4 is 12.0 Å². The first-order valence-corrected chi connectivity index (χ1v) is 7.21. The molecule has 0 aromatic carbocycles. The van der Waals surface area contributed by atoms with Crippen molar-refractivity contribution in [1.82, 2.24) is 9.80 Å². The molecule has 1 fully saturated rings. The van der Waals surface area contributed by atoms with Gasteiger partial charge < -0.3 is 14.5 Å². The number of hydrogen-bond donors (Lipinski definition) is 0. The number of nitrogens with zero attached hydrogens (tertiary/aromatic N) is 2. The van der Waals surface area contributed by atoms with Gasteiger partial charge in [0.05, 0.1) is 0 Å². The van der Waals surface area contributed by atoms with Crippen LogP contribution in [0.15, 0.2) is 0 Å². The van der Waals surface area contributed by atoms with Gasteiger partial charge in [-0.15, -0.1) is 0 Å². The van der Waals surface area contributed by atoms with Gasteiger partial charge in [0.25, 0.3) is 0 Å². The zero-order valence-electron chi connectivity index (χ0n) is 13.8. The third kappa shape index (κ3) is 4.39. The minimum Gasteiger partial charge on any atom is -0.444 e. The second-order valence-corrected chi connectivity index (χ2v) is 7.52. The number of carbonyl (C=O) groups is 2. The molecule has 1 aliphatic rings. The summed E-state index contributed by atoms with van der Waals surface area (Å²) in [5.41, 5.74) is -0.874. The molecular weight excluding hydrogens is 256 g/mol. The van der Waals surface area contributed by atoms with E-state index in [1.807, 2.05) is 53.4 Å². The maximum atomic E-state index is 12.3. The summed E-state index contributed by atoms with van der Waals surface area (Å²) in [6, 6.07) is 0.0167. The van der Waals surface area contributed by atoms with E-state index in [1.165, 1.54) is 0 Å². The molecular formula is C15H28N2O3. The highest BCUT2D eigenvalue weighted by Crippen LogP contribution is 2.22. The summed E-state index contributed by atoms with van der Waals surface area (Å²) in [6.07, 6.45) is -0.299. The van der Waals surface area contributed by atoms with Crippen LogP contribution in [0.25, 0.3) is 0 Å². The van der Waals surface area contributed by atoms with Crippen molar-refractivity contribution in [1.29, 1.82) is 0 Å². The molecule has 0 N–H and O–H groups in total. The van der Waals surface area contributed by atoms with Crippen LogP contribution < -0.4 is 0 Å². The van der Waals surface area contributed by atoms with Crippen LogP contribution in [0, 0.1) is 5.41 Å². The number of hydrogen-bond acceptors (Lipinski definition) is 3. The predicted molar refractivity (Wildman–Crippen MR) is 78.4 cm³/mol. The smallest absolute Gasteiger partial charge is 0.410 e. The predicted octanol–water partition coefficient (Wildman–Crippen LogP) is 2.50. The van der Waals surface area contributed by atoms with Crippen LogP contribution in [0.2, 0.25) is 0 Å². The van der Waals surface area contributed by atoms with Gasteiger partial charge in [-0.3, -0.25) is 4.79 Å². The molecule has 1 aliphatic heterocycles. The zero-order chi connectivity index (χ0) is 15.7. The van der Waals surface area contributed by atoms with Crippen LogP contribution in [0.5, 0.6) is 0 Å². The molecule has 0 aromatic heterocycles. The van der Waals surface area contributed by atoms with Gasteiger partial charge in [-0.2, -0.15) is 0 Å². The van der Waals surface area contributed by atoms with E-state index in [0.717, 1.165) is 0 Å². The fraction of sp³-hybridized carbons (Fsp3) is 0.867. The first kappa shape index (κ1) is 16.8. The van der Waals surface area contributed by atoms with Crippen LogP contribution in [-0.4, -0.2) is 53.1 Å². The summed E-state index contributed by atoms with van der Waals surface area (Å²) in [4.78, 5) is 27.9. The Hall–Kier alpha value is -1.26. The van der Waals surface area contributed by atoms with E-state index in [1.54, 1.807) is 4.90 Å². The van der Waals surface area contributed by atoms with E-state index in [-0.39, 0.29) is 23.5 Å². The fourth-order valence-electron chi connectivity index (χ4n) is 2.18. The lowest BCUT2D eigenvalue weighted by Crippen LogP contribution is -2.58. The van der Waals surface area contributed by atoms with E-state index in [2.05, 4.69) is 0 Å². The van der Waals surface area contributed by atoms with Crippen LogP contribution in [0.4, 0.5) is 4.79 Å². The summed E-state index contributed by atoms with van der Waals surface area (Å²) >= 11 is 0. The third-order valence-electron chi connectivity index (χ3n) is 3.18. The van der Waals surface area contributed by atoms with Crippen LogP contribution in [0.1, 0.15) is 48.5 Å². The standard InChI is InChI=1S/C15H28N2O3/c1-11-10-16(13(19)20-15(5,6)7)8-9-17(11)12(18)14(2,3)4/h11H,8-10H2,1-7H3. The molecule has 0 bridgehead atoms. The second kappa shape index (κ2) is 5.62. The number of rotatable bonds is 0. The zero-order valence-corrected chi connectivity index (χ0v) is 13.8. The van der Waals surface area contributed by atoms with Gasteiger partial charge in [-0.1, -0.05) is 20.8 Å². The van der Waals surface area contributed by atoms with Crippen molar-refractivity contribution in [3.05, 3.63) is 0 Å². The topological polar surface area (TPSA) is 49.9 Å². The monoisotopic (exact) mass is 284 g/mol. The minimum absolute atomic E-state index is 0.0167. The van der Waals surface area contributed by atoms with E-state index in [0.29, 0.717) is 19.6 Å². The van der Waals surface area contributed by atoms with Crippen LogP contribution in [0.3, 0.4) is 0 Å². The van der Waals surface area contributed by atoms with Gasteiger partial charge in [0.1, 0.15) is 5.60 Å².